The first-order valence-electron chi connectivity index (χ1n) is 6.03. The molecular formula is C12H12F6O4S. The molecule has 0 fully saturated rings. The molecule has 0 saturated heterocycles. The Morgan fingerprint density at radius 3 is 1.83 bits per heavy atom. The summed E-state index contributed by atoms with van der Waals surface area (Å²) in [5, 5.41) is 8.86. The zero-order chi connectivity index (χ0) is 18.1. The number of alkyl halides is 6. The molecule has 132 valence electrons. The predicted octanol–water partition coefficient (Wildman–Crippen LogP) is 2.95. The molecule has 0 aliphatic heterocycles. The monoisotopic (exact) mass is 366 g/mol. The van der Waals surface area contributed by atoms with E-state index in [1.165, 1.54) is 12.1 Å². The molecule has 23 heavy (non-hydrogen) atoms. The van der Waals surface area contributed by atoms with E-state index in [2.05, 4.69) is 4.18 Å². The summed E-state index contributed by atoms with van der Waals surface area (Å²) in [4.78, 5) is -0.425. The van der Waals surface area contributed by atoms with Crippen LogP contribution < -0.4 is 0 Å². The molecule has 0 spiro atoms. The maximum Gasteiger partial charge on any atom is 0.426 e. The Kier molecular flexibility index (Phi) is 5.39. The minimum absolute atomic E-state index is 0.425. The number of aryl methyl sites for hydroxylation is 1. The lowest BCUT2D eigenvalue weighted by Gasteiger charge is -2.31. The van der Waals surface area contributed by atoms with Crippen molar-refractivity contribution in [3.05, 3.63) is 29.8 Å². The number of halogens is 6. The molecule has 1 N–H and O–H groups in total. The summed E-state index contributed by atoms with van der Waals surface area (Å²) >= 11 is 0. The van der Waals surface area contributed by atoms with Gasteiger partial charge in [0.15, 0.2) is 0 Å². The topological polar surface area (TPSA) is 63.6 Å². The van der Waals surface area contributed by atoms with Gasteiger partial charge in [-0.25, -0.2) is 0 Å². The van der Waals surface area contributed by atoms with Gasteiger partial charge in [-0.2, -0.15) is 34.8 Å². The molecule has 11 heteroatoms. The van der Waals surface area contributed by atoms with Crippen LogP contribution in [-0.4, -0.2) is 38.1 Å². The van der Waals surface area contributed by atoms with Crippen LogP contribution in [0.5, 0.6) is 0 Å². The van der Waals surface area contributed by atoms with E-state index in [0.717, 1.165) is 12.1 Å². The highest BCUT2D eigenvalue weighted by molar-refractivity contribution is 7.86. The maximum absolute atomic E-state index is 12.4. The fourth-order valence-corrected chi connectivity index (χ4v) is 2.42. The molecule has 0 unspecified atom stereocenters. The third kappa shape index (κ3) is 4.36. The summed E-state index contributed by atoms with van der Waals surface area (Å²) in [5.74, 6) is 0. The summed E-state index contributed by atoms with van der Waals surface area (Å²) in [5.41, 5.74) is -4.37. The van der Waals surface area contributed by atoms with Gasteiger partial charge in [-0.3, -0.25) is 4.18 Å². The lowest BCUT2D eigenvalue weighted by molar-refractivity contribution is -0.370. The smallest absolute Gasteiger partial charge is 0.374 e. The van der Waals surface area contributed by atoms with E-state index in [4.69, 9.17) is 5.11 Å². The Morgan fingerprint density at radius 2 is 1.43 bits per heavy atom. The zero-order valence-electron chi connectivity index (χ0n) is 11.6. The highest BCUT2D eigenvalue weighted by atomic mass is 32.2. The van der Waals surface area contributed by atoms with Gasteiger partial charge in [0.05, 0.1) is 11.5 Å². The third-order valence-corrected chi connectivity index (χ3v) is 4.28. The van der Waals surface area contributed by atoms with Crippen molar-refractivity contribution in [2.24, 2.45) is 0 Å². The van der Waals surface area contributed by atoms with E-state index in [-0.39, 0.29) is 0 Å². The first-order chi connectivity index (χ1) is 10.2. The SMILES string of the molecule is Cc1ccc(S(=O)(=O)OCCC(O)(C(F)(F)F)C(F)(F)F)cc1. The van der Waals surface area contributed by atoms with Gasteiger partial charge < -0.3 is 5.11 Å². The average molecular weight is 366 g/mol. The van der Waals surface area contributed by atoms with Crippen LogP contribution in [0.3, 0.4) is 0 Å². The zero-order valence-corrected chi connectivity index (χ0v) is 12.4. The van der Waals surface area contributed by atoms with Crippen molar-refractivity contribution in [3.63, 3.8) is 0 Å². The Balaban J connectivity index is 2.87. The van der Waals surface area contributed by atoms with Gasteiger partial charge in [-0.1, -0.05) is 17.7 Å². The van der Waals surface area contributed by atoms with Gasteiger partial charge in [0.2, 0.25) is 0 Å². The van der Waals surface area contributed by atoms with Crippen LogP contribution in [-0.2, 0) is 14.3 Å². The normalized spacial score (nSPS) is 14.1. The van der Waals surface area contributed by atoms with Crippen LogP contribution in [0.15, 0.2) is 29.2 Å². The second-order valence-electron chi connectivity index (χ2n) is 4.69. The van der Waals surface area contributed by atoms with Crippen LogP contribution in [0.2, 0.25) is 0 Å². The van der Waals surface area contributed by atoms with Gasteiger partial charge in [-0.05, 0) is 19.1 Å². The van der Waals surface area contributed by atoms with Crippen LogP contribution >= 0.6 is 0 Å². The Hall–Kier alpha value is -1.33. The van der Waals surface area contributed by atoms with E-state index in [1.54, 1.807) is 6.92 Å². The summed E-state index contributed by atoms with van der Waals surface area (Å²) in [6, 6.07) is 4.92. The number of benzene rings is 1. The second kappa shape index (κ2) is 6.29. The predicted molar refractivity (Wildman–Crippen MR) is 66.0 cm³/mol. The minimum atomic E-state index is -6.03. The molecule has 4 nitrogen and oxygen atoms in total. The Bertz CT molecular complexity index is 619. The highest BCUT2D eigenvalue weighted by Gasteiger charge is 2.69. The molecule has 0 atom stereocenters. The molecule has 0 amide bonds. The fourth-order valence-electron chi connectivity index (χ4n) is 1.52. The summed E-state index contributed by atoms with van der Waals surface area (Å²) in [6.07, 6.45) is -14.1. The fraction of sp³-hybridized carbons (Fsp3) is 0.500. The molecule has 0 heterocycles. The van der Waals surface area contributed by atoms with Gasteiger partial charge >= 0.3 is 12.4 Å². The van der Waals surface area contributed by atoms with E-state index >= 15 is 0 Å². The van der Waals surface area contributed by atoms with E-state index in [1.807, 2.05) is 0 Å². The van der Waals surface area contributed by atoms with Crippen LogP contribution in [0.1, 0.15) is 12.0 Å². The molecule has 1 aromatic rings. The molecule has 0 bridgehead atoms. The van der Waals surface area contributed by atoms with Crippen molar-refractivity contribution in [2.75, 3.05) is 6.61 Å². The number of aliphatic hydroxyl groups is 1. The Morgan fingerprint density at radius 1 is 1.00 bits per heavy atom. The molecule has 0 radical (unpaired) electrons. The standard InChI is InChI=1S/C12H12F6O4S/c1-8-2-4-9(5-3-8)23(20,21)22-7-6-10(19,11(13,14)15)12(16,17)18/h2-5,19H,6-7H2,1H3. The van der Waals surface area contributed by atoms with Crippen molar-refractivity contribution >= 4 is 10.1 Å². The first kappa shape index (κ1) is 19.7. The van der Waals surface area contributed by atoms with E-state index < -0.39 is 46.0 Å². The summed E-state index contributed by atoms with van der Waals surface area (Å²) in [6.45, 7) is 0.149. The molecule has 1 rings (SSSR count). The lowest BCUT2D eigenvalue weighted by Crippen LogP contribution is -2.57. The Labute approximate surface area is 127 Å². The summed E-state index contributed by atoms with van der Waals surface area (Å²) in [7, 11) is -4.54. The summed E-state index contributed by atoms with van der Waals surface area (Å²) < 4.78 is 102. The second-order valence-corrected chi connectivity index (χ2v) is 6.31. The quantitative estimate of drug-likeness (QED) is 0.643. The van der Waals surface area contributed by atoms with E-state index in [9.17, 15) is 34.8 Å². The van der Waals surface area contributed by atoms with Crippen molar-refractivity contribution < 1.29 is 44.0 Å². The van der Waals surface area contributed by atoms with Gasteiger partial charge in [0, 0.05) is 6.42 Å². The number of hydrogen-bond donors (Lipinski definition) is 1. The third-order valence-electron chi connectivity index (χ3n) is 2.95. The van der Waals surface area contributed by atoms with Crippen molar-refractivity contribution in [3.8, 4) is 0 Å². The molecule has 0 aromatic heterocycles. The maximum atomic E-state index is 12.4. The number of hydrogen-bond acceptors (Lipinski definition) is 4. The molecule has 0 aliphatic carbocycles. The van der Waals surface area contributed by atoms with E-state index in [0.29, 0.717) is 5.56 Å². The van der Waals surface area contributed by atoms with Gasteiger partial charge in [0.1, 0.15) is 0 Å². The largest absolute Gasteiger partial charge is 0.426 e. The molecule has 0 aliphatic rings. The lowest BCUT2D eigenvalue weighted by atomic mass is 9.99. The molecular weight excluding hydrogens is 354 g/mol. The average Bonchev–Trinajstić information content (AvgIpc) is 2.36. The van der Waals surface area contributed by atoms with Crippen LogP contribution in [0.25, 0.3) is 0 Å². The van der Waals surface area contributed by atoms with Crippen molar-refractivity contribution in [1.82, 2.24) is 0 Å². The first-order valence-corrected chi connectivity index (χ1v) is 7.43. The molecule has 1 aromatic carbocycles. The minimum Gasteiger partial charge on any atom is -0.374 e. The van der Waals surface area contributed by atoms with Gasteiger partial charge in [-0.15, -0.1) is 0 Å². The van der Waals surface area contributed by atoms with Crippen LogP contribution in [0.4, 0.5) is 26.3 Å². The van der Waals surface area contributed by atoms with Crippen LogP contribution in [0, 0.1) is 6.92 Å². The van der Waals surface area contributed by atoms with Crippen molar-refractivity contribution in [1.29, 1.82) is 0 Å². The highest BCUT2D eigenvalue weighted by Crippen LogP contribution is 2.45. The molecule has 0 saturated carbocycles. The number of rotatable bonds is 5. The van der Waals surface area contributed by atoms with Crippen molar-refractivity contribution in [2.45, 2.75) is 36.2 Å². The van der Waals surface area contributed by atoms with Gasteiger partial charge in [0.25, 0.3) is 15.7 Å².